The predicted molar refractivity (Wildman–Crippen MR) is 108 cm³/mol. The molecular weight excluding hydrogens is 374 g/mol. The van der Waals surface area contributed by atoms with Crippen LogP contribution >= 0.6 is 11.8 Å². The highest BCUT2D eigenvalue weighted by molar-refractivity contribution is 7.99. The number of thioether (sulfide) groups is 1. The molecule has 2 aromatic carbocycles. The molecule has 4 rings (SSSR count). The summed E-state index contributed by atoms with van der Waals surface area (Å²) < 4.78 is 16.9. The van der Waals surface area contributed by atoms with Crippen molar-refractivity contribution >= 4 is 11.8 Å². The molecule has 0 amide bonds. The Bertz CT molecular complexity index is 870. The SMILES string of the molecule is COc1ccc(-c2nnc(SCC3CN(Cc4ccccc4)CCO3)o2)cc1. The molecule has 1 unspecified atom stereocenters. The van der Waals surface area contributed by atoms with Crippen LogP contribution in [-0.2, 0) is 11.3 Å². The summed E-state index contributed by atoms with van der Waals surface area (Å²) in [4.78, 5) is 2.43. The van der Waals surface area contributed by atoms with Gasteiger partial charge in [-0.15, -0.1) is 10.2 Å². The van der Waals surface area contributed by atoms with Crippen molar-refractivity contribution in [2.24, 2.45) is 0 Å². The molecule has 1 aromatic heterocycles. The summed E-state index contributed by atoms with van der Waals surface area (Å²) in [7, 11) is 1.64. The second-order valence-corrected chi connectivity index (χ2v) is 7.60. The largest absolute Gasteiger partial charge is 0.497 e. The summed E-state index contributed by atoms with van der Waals surface area (Å²) in [5, 5.41) is 8.86. The van der Waals surface area contributed by atoms with Crippen molar-refractivity contribution in [1.29, 1.82) is 0 Å². The zero-order valence-electron chi connectivity index (χ0n) is 15.8. The van der Waals surface area contributed by atoms with Crippen molar-refractivity contribution in [3.63, 3.8) is 0 Å². The first-order valence-corrected chi connectivity index (χ1v) is 10.3. The maximum absolute atomic E-state index is 5.92. The number of morpholine rings is 1. The Morgan fingerprint density at radius 2 is 1.93 bits per heavy atom. The van der Waals surface area contributed by atoms with Crippen LogP contribution in [0.2, 0.25) is 0 Å². The lowest BCUT2D eigenvalue weighted by Gasteiger charge is -2.32. The van der Waals surface area contributed by atoms with Crippen LogP contribution in [0.4, 0.5) is 0 Å². The number of rotatable bonds is 7. The van der Waals surface area contributed by atoms with Crippen LogP contribution in [0, 0.1) is 0 Å². The van der Waals surface area contributed by atoms with Gasteiger partial charge >= 0.3 is 0 Å². The first-order chi connectivity index (χ1) is 13.8. The number of nitrogens with zero attached hydrogens (tertiary/aromatic N) is 3. The Kier molecular flexibility index (Phi) is 6.26. The van der Waals surface area contributed by atoms with E-state index in [-0.39, 0.29) is 6.10 Å². The van der Waals surface area contributed by atoms with Gasteiger partial charge in [-0.05, 0) is 29.8 Å². The fourth-order valence-corrected chi connectivity index (χ4v) is 3.92. The van der Waals surface area contributed by atoms with E-state index < -0.39 is 0 Å². The number of hydrogen-bond donors (Lipinski definition) is 0. The molecule has 2 heterocycles. The van der Waals surface area contributed by atoms with Gasteiger partial charge in [-0.25, -0.2) is 0 Å². The van der Waals surface area contributed by atoms with Gasteiger partial charge in [0.25, 0.3) is 5.22 Å². The van der Waals surface area contributed by atoms with E-state index in [0.29, 0.717) is 11.1 Å². The first kappa shape index (κ1) is 19.0. The van der Waals surface area contributed by atoms with Crippen molar-refractivity contribution < 1.29 is 13.9 Å². The Morgan fingerprint density at radius 1 is 1.11 bits per heavy atom. The highest BCUT2D eigenvalue weighted by Gasteiger charge is 2.22. The molecule has 1 aliphatic heterocycles. The third kappa shape index (κ3) is 4.92. The molecule has 7 heteroatoms. The van der Waals surface area contributed by atoms with E-state index in [9.17, 15) is 0 Å². The summed E-state index contributed by atoms with van der Waals surface area (Å²) in [5.41, 5.74) is 2.21. The first-order valence-electron chi connectivity index (χ1n) is 9.29. The molecule has 1 fully saturated rings. The minimum atomic E-state index is 0.152. The van der Waals surface area contributed by atoms with Gasteiger partial charge in [0.1, 0.15) is 5.75 Å². The molecule has 0 saturated carbocycles. The lowest BCUT2D eigenvalue weighted by atomic mass is 10.2. The van der Waals surface area contributed by atoms with Crippen LogP contribution in [-0.4, -0.2) is 53.8 Å². The number of hydrogen-bond acceptors (Lipinski definition) is 7. The van der Waals surface area contributed by atoms with Gasteiger partial charge < -0.3 is 13.9 Å². The highest BCUT2D eigenvalue weighted by Crippen LogP contribution is 2.26. The summed E-state index contributed by atoms with van der Waals surface area (Å²) in [6.45, 7) is 3.56. The zero-order chi connectivity index (χ0) is 19.2. The molecule has 28 heavy (non-hydrogen) atoms. The fraction of sp³-hybridized carbons (Fsp3) is 0.333. The topological polar surface area (TPSA) is 60.6 Å². The van der Waals surface area contributed by atoms with Gasteiger partial charge in [-0.3, -0.25) is 4.90 Å². The van der Waals surface area contributed by atoms with E-state index in [4.69, 9.17) is 13.9 Å². The average molecular weight is 398 g/mol. The number of ether oxygens (including phenoxy) is 2. The van der Waals surface area contributed by atoms with E-state index in [1.165, 1.54) is 5.56 Å². The second-order valence-electron chi connectivity index (χ2n) is 6.63. The van der Waals surface area contributed by atoms with Crippen molar-refractivity contribution in [3.8, 4) is 17.2 Å². The molecule has 3 aromatic rings. The molecule has 0 aliphatic carbocycles. The molecule has 6 nitrogen and oxygen atoms in total. The molecule has 1 aliphatic rings. The van der Waals surface area contributed by atoms with Gasteiger partial charge in [0.15, 0.2) is 0 Å². The quantitative estimate of drug-likeness (QED) is 0.563. The van der Waals surface area contributed by atoms with Gasteiger partial charge in [0.05, 0.1) is 19.8 Å². The van der Waals surface area contributed by atoms with Crippen molar-refractivity contribution in [1.82, 2.24) is 15.1 Å². The normalized spacial score (nSPS) is 17.5. The molecular formula is C21H23N3O3S. The van der Waals surface area contributed by atoms with Crippen LogP contribution in [0.25, 0.3) is 11.5 Å². The van der Waals surface area contributed by atoms with Crippen molar-refractivity contribution in [2.75, 3.05) is 32.6 Å². The number of aromatic nitrogens is 2. The van der Waals surface area contributed by atoms with Gasteiger partial charge in [-0.1, -0.05) is 42.1 Å². The van der Waals surface area contributed by atoms with E-state index in [1.807, 2.05) is 30.3 Å². The maximum Gasteiger partial charge on any atom is 0.276 e. The maximum atomic E-state index is 5.92. The molecule has 0 bridgehead atoms. The monoisotopic (exact) mass is 397 g/mol. The number of methoxy groups -OCH3 is 1. The summed E-state index contributed by atoms with van der Waals surface area (Å²) in [5.74, 6) is 2.10. The van der Waals surface area contributed by atoms with Gasteiger partial charge in [0, 0.05) is 31.0 Å². The van der Waals surface area contributed by atoms with Crippen LogP contribution in [0.5, 0.6) is 5.75 Å². The van der Waals surface area contributed by atoms with E-state index in [1.54, 1.807) is 18.9 Å². The molecule has 1 saturated heterocycles. The predicted octanol–water partition coefficient (Wildman–Crippen LogP) is 3.74. The van der Waals surface area contributed by atoms with Crippen molar-refractivity contribution in [3.05, 3.63) is 60.2 Å². The van der Waals surface area contributed by atoms with E-state index in [2.05, 4.69) is 39.4 Å². The van der Waals surface area contributed by atoms with Crippen LogP contribution in [0.15, 0.2) is 64.2 Å². The molecule has 0 N–H and O–H groups in total. The van der Waals surface area contributed by atoms with Gasteiger partial charge in [-0.2, -0.15) is 0 Å². The summed E-state index contributed by atoms with van der Waals surface area (Å²) in [6, 6.07) is 18.1. The molecule has 0 spiro atoms. The zero-order valence-corrected chi connectivity index (χ0v) is 16.6. The Hall–Kier alpha value is -2.35. The molecule has 1 atom stereocenters. The Morgan fingerprint density at radius 3 is 2.71 bits per heavy atom. The third-order valence-electron chi connectivity index (χ3n) is 4.61. The Balaban J connectivity index is 1.30. The highest BCUT2D eigenvalue weighted by atomic mass is 32.2. The van der Waals surface area contributed by atoms with Crippen LogP contribution < -0.4 is 4.74 Å². The average Bonchev–Trinajstić information content (AvgIpc) is 3.22. The standard InChI is InChI=1S/C21H23N3O3S/c1-25-18-9-7-17(8-10-18)20-22-23-21(27-20)28-15-19-14-24(11-12-26-19)13-16-5-3-2-4-6-16/h2-10,19H,11-15H2,1H3. The number of benzene rings is 2. The fourth-order valence-electron chi connectivity index (χ4n) is 3.15. The minimum absolute atomic E-state index is 0.152. The second kappa shape index (κ2) is 9.23. The summed E-state index contributed by atoms with van der Waals surface area (Å²) >= 11 is 1.54. The van der Waals surface area contributed by atoms with E-state index in [0.717, 1.165) is 43.3 Å². The molecule has 146 valence electrons. The van der Waals surface area contributed by atoms with Gasteiger partial charge in [0.2, 0.25) is 5.89 Å². The lowest BCUT2D eigenvalue weighted by Crippen LogP contribution is -2.43. The van der Waals surface area contributed by atoms with Crippen molar-refractivity contribution in [2.45, 2.75) is 17.9 Å². The van der Waals surface area contributed by atoms with E-state index >= 15 is 0 Å². The molecule has 0 radical (unpaired) electrons. The van der Waals surface area contributed by atoms with Crippen LogP contribution in [0.1, 0.15) is 5.56 Å². The summed E-state index contributed by atoms with van der Waals surface area (Å²) in [6.07, 6.45) is 0.152. The Labute approximate surface area is 168 Å². The lowest BCUT2D eigenvalue weighted by molar-refractivity contribution is -0.0187. The smallest absolute Gasteiger partial charge is 0.276 e. The minimum Gasteiger partial charge on any atom is -0.497 e. The van der Waals surface area contributed by atoms with Crippen LogP contribution in [0.3, 0.4) is 0 Å². The third-order valence-corrected chi connectivity index (χ3v) is 5.56.